The van der Waals surface area contributed by atoms with Gasteiger partial charge in [0.15, 0.2) is 0 Å². The highest BCUT2D eigenvalue weighted by molar-refractivity contribution is 7.99. The van der Waals surface area contributed by atoms with Crippen molar-refractivity contribution in [1.82, 2.24) is 0 Å². The zero-order valence-corrected chi connectivity index (χ0v) is 15.9. The maximum atomic E-state index is 6.82. The summed E-state index contributed by atoms with van der Waals surface area (Å²) in [7, 11) is 0. The summed E-state index contributed by atoms with van der Waals surface area (Å²) in [6, 6.07) is 24.1. The molecule has 3 aromatic rings. The van der Waals surface area contributed by atoms with E-state index in [1.54, 1.807) is 0 Å². The van der Waals surface area contributed by atoms with Gasteiger partial charge in [-0.15, -0.1) is 0 Å². The summed E-state index contributed by atoms with van der Waals surface area (Å²) in [6.45, 7) is 4.73. The van der Waals surface area contributed by atoms with Gasteiger partial charge < -0.3 is 0 Å². The Labute approximate surface area is 158 Å². The third-order valence-corrected chi connectivity index (χ3v) is 7.24. The first kappa shape index (κ1) is 15.5. The van der Waals surface area contributed by atoms with Crippen molar-refractivity contribution in [3.05, 3.63) is 94.0 Å². The van der Waals surface area contributed by atoms with E-state index in [4.69, 9.17) is 11.6 Å². The van der Waals surface area contributed by atoms with E-state index in [0.29, 0.717) is 0 Å². The molecule has 0 radical (unpaired) electrons. The van der Waals surface area contributed by atoms with Gasteiger partial charge in [-0.05, 0) is 52.3 Å². The molecule has 0 saturated carbocycles. The number of fused-ring (bicyclic) bond motifs is 6. The van der Waals surface area contributed by atoms with E-state index >= 15 is 0 Å². The van der Waals surface area contributed by atoms with Crippen molar-refractivity contribution < 1.29 is 0 Å². The zero-order chi connectivity index (χ0) is 17.2. The summed E-state index contributed by atoms with van der Waals surface area (Å²) in [5.74, 6) is 0. The number of hydrogen-bond acceptors (Lipinski definition) is 1. The van der Waals surface area contributed by atoms with Crippen LogP contribution < -0.4 is 0 Å². The van der Waals surface area contributed by atoms with Crippen LogP contribution in [0.3, 0.4) is 0 Å². The standard InChI is InChI=1S/C23H19ClS/c1-22(2)14-23(16-9-4-3-8-15(16)22)17-10-5-6-12-19(17)25-20-13-7-11-18(24)21(20)23/h3-13H,14H2,1-2H3. The lowest BCUT2D eigenvalue weighted by Gasteiger charge is -2.40. The molecule has 0 saturated heterocycles. The summed E-state index contributed by atoms with van der Waals surface area (Å²) in [5.41, 5.74) is 5.51. The summed E-state index contributed by atoms with van der Waals surface area (Å²) >= 11 is 8.67. The Hall–Kier alpha value is -1.70. The molecule has 3 aromatic carbocycles. The van der Waals surface area contributed by atoms with E-state index in [0.717, 1.165) is 11.4 Å². The molecule has 1 atom stereocenters. The Balaban J connectivity index is 1.95. The fourth-order valence-electron chi connectivity index (χ4n) is 4.93. The van der Waals surface area contributed by atoms with Gasteiger partial charge in [0.05, 0.1) is 0 Å². The van der Waals surface area contributed by atoms with Gasteiger partial charge >= 0.3 is 0 Å². The second kappa shape index (κ2) is 5.16. The number of benzene rings is 3. The lowest BCUT2D eigenvalue weighted by atomic mass is 9.68. The van der Waals surface area contributed by atoms with E-state index in [2.05, 4.69) is 74.5 Å². The zero-order valence-electron chi connectivity index (χ0n) is 14.3. The Bertz CT molecular complexity index is 1000. The van der Waals surface area contributed by atoms with Gasteiger partial charge in [0, 0.05) is 20.2 Å². The van der Waals surface area contributed by atoms with Crippen molar-refractivity contribution >= 4 is 23.4 Å². The highest BCUT2D eigenvalue weighted by atomic mass is 35.5. The first-order chi connectivity index (χ1) is 12.0. The van der Waals surface area contributed by atoms with E-state index < -0.39 is 0 Å². The van der Waals surface area contributed by atoms with Crippen LogP contribution in [0.1, 0.15) is 42.5 Å². The number of hydrogen-bond donors (Lipinski definition) is 0. The second-order valence-electron chi connectivity index (χ2n) is 7.72. The molecule has 2 aliphatic rings. The van der Waals surface area contributed by atoms with Crippen LogP contribution >= 0.6 is 23.4 Å². The first-order valence-corrected chi connectivity index (χ1v) is 9.90. The third kappa shape index (κ3) is 1.97. The minimum atomic E-state index is -0.157. The smallest absolute Gasteiger partial charge is 0.0499 e. The lowest BCUT2D eigenvalue weighted by Crippen LogP contribution is -2.32. The van der Waals surface area contributed by atoms with Gasteiger partial charge in [-0.3, -0.25) is 0 Å². The monoisotopic (exact) mass is 362 g/mol. The molecule has 124 valence electrons. The van der Waals surface area contributed by atoms with Crippen LogP contribution in [-0.2, 0) is 10.8 Å². The minimum Gasteiger partial charge on any atom is -0.0894 e. The lowest BCUT2D eigenvalue weighted by molar-refractivity contribution is 0.435. The predicted octanol–water partition coefficient (Wildman–Crippen LogP) is 6.82. The van der Waals surface area contributed by atoms with Crippen LogP contribution in [0.4, 0.5) is 0 Å². The minimum absolute atomic E-state index is 0.113. The van der Waals surface area contributed by atoms with Gasteiger partial charge in [-0.1, -0.05) is 85.7 Å². The fraction of sp³-hybridized carbons (Fsp3) is 0.217. The molecule has 0 N–H and O–H groups in total. The topological polar surface area (TPSA) is 0 Å². The molecule has 2 heteroatoms. The average molecular weight is 363 g/mol. The van der Waals surface area contributed by atoms with Gasteiger partial charge in [-0.2, -0.15) is 0 Å². The van der Waals surface area contributed by atoms with Gasteiger partial charge in [0.1, 0.15) is 0 Å². The summed E-state index contributed by atoms with van der Waals surface area (Å²) in [6.07, 6.45) is 1.05. The number of halogens is 1. The van der Waals surface area contributed by atoms with Gasteiger partial charge in [-0.25, -0.2) is 0 Å². The Morgan fingerprint density at radius 1 is 0.760 bits per heavy atom. The molecule has 1 aliphatic carbocycles. The molecule has 5 rings (SSSR count). The number of rotatable bonds is 0. The molecule has 0 bridgehead atoms. The molecule has 1 spiro atoms. The molecule has 0 aromatic heterocycles. The van der Waals surface area contributed by atoms with Gasteiger partial charge in [0.25, 0.3) is 0 Å². The third-order valence-electron chi connectivity index (χ3n) is 5.79. The second-order valence-corrected chi connectivity index (χ2v) is 9.21. The molecule has 0 nitrogen and oxygen atoms in total. The maximum Gasteiger partial charge on any atom is 0.0499 e. The summed E-state index contributed by atoms with van der Waals surface area (Å²) in [4.78, 5) is 2.64. The Morgan fingerprint density at radius 2 is 1.40 bits per heavy atom. The van der Waals surface area contributed by atoms with Crippen LogP contribution in [0.15, 0.2) is 76.5 Å². The molecule has 1 aliphatic heterocycles. The highest BCUT2D eigenvalue weighted by Crippen LogP contribution is 2.63. The van der Waals surface area contributed by atoms with E-state index in [1.807, 2.05) is 17.8 Å². The molecule has 25 heavy (non-hydrogen) atoms. The van der Waals surface area contributed by atoms with E-state index in [9.17, 15) is 0 Å². The van der Waals surface area contributed by atoms with E-state index in [1.165, 1.54) is 32.0 Å². The van der Waals surface area contributed by atoms with Crippen molar-refractivity contribution in [3.63, 3.8) is 0 Å². The highest BCUT2D eigenvalue weighted by Gasteiger charge is 2.53. The van der Waals surface area contributed by atoms with Crippen LogP contribution in [0, 0.1) is 0 Å². The fourth-order valence-corrected chi connectivity index (χ4v) is 6.59. The van der Waals surface area contributed by atoms with Crippen LogP contribution in [0.2, 0.25) is 5.02 Å². The average Bonchev–Trinajstić information content (AvgIpc) is 2.84. The largest absolute Gasteiger partial charge is 0.0894 e. The normalized spacial score (nSPS) is 22.4. The molecule has 1 unspecified atom stereocenters. The van der Waals surface area contributed by atoms with Crippen molar-refractivity contribution in [2.45, 2.75) is 40.9 Å². The molecule has 0 fully saturated rings. The molecular formula is C23H19ClS. The van der Waals surface area contributed by atoms with E-state index in [-0.39, 0.29) is 10.8 Å². The molecule has 0 amide bonds. The maximum absolute atomic E-state index is 6.82. The quantitative estimate of drug-likeness (QED) is 0.422. The summed E-state index contributed by atoms with van der Waals surface area (Å²) in [5, 5.41) is 0.881. The van der Waals surface area contributed by atoms with Crippen molar-refractivity contribution in [2.75, 3.05) is 0 Å². The predicted molar refractivity (Wildman–Crippen MR) is 106 cm³/mol. The van der Waals surface area contributed by atoms with Crippen LogP contribution in [0.25, 0.3) is 0 Å². The SMILES string of the molecule is CC1(C)CC2(c3ccccc3Sc3cccc(Cl)c32)c2ccccc21. The molecular weight excluding hydrogens is 344 g/mol. The van der Waals surface area contributed by atoms with Crippen molar-refractivity contribution in [3.8, 4) is 0 Å². The Morgan fingerprint density at radius 3 is 2.20 bits per heavy atom. The van der Waals surface area contributed by atoms with Crippen molar-refractivity contribution in [2.24, 2.45) is 0 Å². The summed E-state index contributed by atoms with van der Waals surface area (Å²) < 4.78 is 0. The van der Waals surface area contributed by atoms with Crippen LogP contribution in [0.5, 0.6) is 0 Å². The van der Waals surface area contributed by atoms with Crippen LogP contribution in [-0.4, -0.2) is 0 Å². The Kier molecular flexibility index (Phi) is 3.21. The van der Waals surface area contributed by atoms with Gasteiger partial charge in [0.2, 0.25) is 0 Å². The molecule has 1 heterocycles. The van der Waals surface area contributed by atoms with Crippen molar-refractivity contribution in [1.29, 1.82) is 0 Å². The first-order valence-electron chi connectivity index (χ1n) is 8.70.